The molecule has 5 nitrogen and oxygen atoms in total. The van der Waals surface area contributed by atoms with Gasteiger partial charge in [0.25, 0.3) is 0 Å². The molecular weight excluding hydrogens is 262 g/mol. The molecule has 3 heterocycles. The predicted octanol–water partition coefficient (Wildman–Crippen LogP) is 3.26. The summed E-state index contributed by atoms with van der Waals surface area (Å²) in [6.07, 6.45) is 3.76. The number of hydrogen-bond donors (Lipinski definition) is 1. The maximum atomic E-state index is 4.78. The molecule has 0 radical (unpaired) electrons. The first kappa shape index (κ1) is 13.5. The van der Waals surface area contributed by atoms with Crippen LogP contribution < -0.4 is 5.32 Å². The fourth-order valence-electron chi connectivity index (χ4n) is 2.43. The van der Waals surface area contributed by atoms with Gasteiger partial charge in [0.15, 0.2) is 0 Å². The molecule has 3 rings (SSSR count). The van der Waals surface area contributed by atoms with Gasteiger partial charge in [-0.05, 0) is 19.1 Å². The molecule has 0 atom stereocenters. The smallest absolute Gasteiger partial charge is 0.137 e. The van der Waals surface area contributed by atoms with Crippen molar-refractivity contribution in [3.63, 3.8) is 0 Å². The molecule has 0 saturated carbocycles. The highest BCUT2D eigenvalue weighted by molar-refractivity contribution is 5.68. The van der Waals surface area contributed by atoms with Gasteiger partial charge in [0.2, 0.25) is 0 Å². The zero-order valence-electron chi connectivity index (χ0n) is 12.8. The highest BCUT2D eigenvalue weighted by Gasteiger charge is 2.15. The molecule has 0 unspecified atom stereocenters. The van der Waals surface area contributed by atoms with Gasteiger partial charge in [0.05, 0.1) is 11.4 Å². The van der Waals surface area contributed by atoms with Crippen LogP contribution >= 0.6 is 0 Å². The molecule has 0 aliphatic carbocycles. The minimum Gasteiger partial charge on any atom is -0.373 e. The van der Waals surface area contributed by atoms with E-state index in [9.17, 15) is 0 Å². The van der Waals surface area contributed by atoms with Crippen LogP contribution in [0.25, 0.3) is 17.0 Å². The van der Waals surface area contributed by atoms with Gasteiger partial charge in [-0.25, -0.2) is 15.0 Å². The number of nitrogens with zero attached hydrogens (tertiary/aromatic N) is 4. The van der Waals surface area contributed by atoms with Crippen molar-refractivity contribution in [3.8, 4) is 11.4 Å². The summed E-state index contributed by atoms with van der Waals surface area (Å²) in [5.74, 6) is 2.00. The standard InChI is InChI=1S/C16H19N5/c1-10(2)15-19-14(11(3)16(17-4)20-15)12-6-5-7-13-18-8-9-21(12)13/h5-10H,1-4H3,(H,17,19,20). The van der Waals surface area contributed by atoms with Gasteiger partial charge in [-0.1, -0.05) is 19.9 Å². The quantitative estimate of drug-likeness (QED) is 0.800. The van der Waals surface area contributed by atoms with Crippen molar-refractivity contribution >= 4 is 11.5 Å². The van der Waals surface area contributed by atoms with E-state index in [1.807, 2.05) is 32.3 Å². The number of fused-ring (bicyclic) bond motifs is 1. The molecule has 3 aromatic rings. The van der Waals surface area contributed by atoms with E-state index in [4.69, 9.17) is 4.98 Å². The fraction of sp³-hybridized carbons (Fsp3) is 0.312. The Labute approximate surface area is 124 Å². The van der Waals surface area contributed by atoms with Crippen LogP contribution in [0.1, 0.15) is 31.2 Å². The Morgan fingerprint density at radius 2 is 2.00 bits per heavy atom. The number of rotatable bonds is 3. The summed E-state index contributed by atoms with van der Waals surface area (Å²) in [6, 6.07) is 6.06. The van der Waals surface area contributed by atoms with Crippen LogP contribution in [0.15, 0.2) is 30.6 Å². The normalized spacial score (nSPS) is 11.3. The number of pyridine rings is 1. The molecule has 21 heavy (non-hydrogen) atoms. The van der Waals surface area contributed by atoms with E-state index >= 15 is 0 Å². The Bertz CT molecular complexity index is 788. The SMILES string of the molecule is CNc1nc(C(C)C)nc(-c2cccc3nccn23)c1C. The van der Waals surface area contributed by atoms with E-state index in [2.05, 4.69) is 39.6 Å². The Morgan fingerprint density at radius 3 is 2.71 bits per heavy atom. The maximum absolute atomic E-state index is 4.78. The first-order valence-corrected chi connectivity index (χ1v) is 7.10. The Morgan fingerprint density at radius 1 is 1.19 bits per heavy atom. The Kier molecular flexibility index (Phi) is 3.33. The van der Waals surface area contributed by atoms with Crippen molar-refractivity contribution in [1.29, 1.82) is 0 Å². The summed E-state index contributed by atoms with van der Waals surface area (Å²) < 4.78 is 2.05. The van der Waals surface area contributed by atoms with Crippen molar-refractivity contribution < 1.29 is 0 Å². The average Bonchev–Trinajstić information content (AvgIpc) is 2.95. The minimum atomic E-state index is 0.276. The summed E-state index contributed by atoms with van der Waals surface area (Å²) in [5.41, 5.74) is 3.94. The molecule has 5 heteroatoms. The van der Waals surface area contributed by atoms with Crippen LogP contribution in [0.3, 0.4) is 0 Å². The van der Waals surface area contributed by atoms with Gasteiger partial charge in [-0.3, -0.25) is 4.40 Å². The van der Waals surface area contributed by atoms with Crippen LogP contribution in [-0.2, 0) is 0 Å². The van der Waals surface area contributed by atoms with E-state index in [0.29, 0.717) is 0 Å². The molecule has 0 fully saturated rings. The van der Waals surface area contributed by atoms with Crippen LogP contribution in [0.4, 0.5) is 5.82 Å². The van der Waals surface area contributed by atoms with Gasteiger partial charge in [0.1, 0.15) is 17.3 Å². The van der Waals surface area contributed by atoms with Crippen LogP contribution in [0, 0.1) is 6.92 Å². The monoisotopic (exact) mass is 281 g/mol. The summed E-state index contributed by atoms with van der Waals surface area (Å²) in [5, 5.41) is 3.17. The number of hydrogen-bond acceptors (Lipinski definition) is 4. The largest absolute Gasteiger partial charge is 0.373 e. The zero-order chi connectivity index (χ0) is 15.0. The summed E-state index contributed by atoms with van der Waals surface area (Å²) in [6.45, 7) is 6.25. The third kappa shape index (κ3) is 2.24. The van der Waals surface area contributed by atoms with Crippen LogP contribution in [-0.4, -0.2) is 26.4 Å². The first-order chi connectivity index (χ1) is 10.1. The summed E-state index contributed by atoms with van der Waals surface area (Å²) in [7, 11) is 1.89. The van der Waals surface area contributed by atoms with E-state index in [0.717, 1.165) is 34.2 Å². The van der Waals surface area contributed by atoms with Gasteiger partial charge in [-0.2, -0.15) is 0 Å². The van der Waals surface area contributed by atoms with E-state index < -0.39 is 0 Å². The maximum Gasteiger partial charge on any atom is 0.137 e. The lowest BCUT2D eigenvalue weighted by molar-refractivity contribution is 0.774. The zero-order valence-corrected chi connectivity index (χ0v) is 12.8. The topological polar surface area (TPSA) is 55.1 Å². The highest BCUT2D eigenvalue weighted by Crippen LogP contribution is 2.27. The highest BCUT2D eigenvalue weighted by atomic mass is 15.0. The van der Waals surface area contributed by atoms with Crippen molar-refractivity contribution in [2.45, 2.75) is 26.7 Å². The van der Waals surface area contributed by atoms with E-state index in [1.54, 1.807) is 6.20 Å². The second kappa shape index (κ2) is 5.16. The van der Waals surface area contributed by atoms with Crippen LogP contribution in [0.2, 0.25) is 0 Å². The number of imidazole rings is 1. The van der Waals surface area contributed by atoms with Crippen molar-refractivity contribution in [1.82, 2.24) is 19.4 Å². The van der Waals surface area contributed by atoms with Gasteiger partial charge < -0.3 is 5.32 Å². The molecule has 3 aromatic heterocycles. The van der Waals surface area contributed by atoms with E-state index in [-0.39, 0.29) is 5.92 Å². The predicted molar refractivity (Wildman–Crippen MR) is 84.6 cm³/mol. The van der Waals surface area contributed by atoms with Crippen molar-refractivity contribution in [3.05, 3.63) is 42.0 Å². The van der Waals surface area contributed by atoms with Gasteiger partial charge in [0, 0.05) is 30.9 Å². The van der Waals surface area contributed by atoms with Gasteiger partial charge in [-0.15, -0.1) is 0 Å². The molecule has 0 aromatic carbocycles. The molecule has 0 spiro atoms. The van der Waals surface area contributed by atoms with Gasteiger partial charge >= 0.3 is 0 Å². The Hall–Kier alpha value is -2.43. The molecule has 0 bridgehead atoms. The second-order valence-corrected chi connectivity index (χ2v) is 5.38. The van der Waals surface area contributed by atoms with Crippen molar-refractivity contribution in [2.24, 2.45) is 0 Å². The third-order valence-corrected chi connectivity index (χ3v) is 3.59. The second-order valence-electron chi connectivity index (χ2n) is 5.38. The molecular formula is C16H19N5. The molecule has 0 aliphatic heterocycles. The molecule has 108 valence electrons. The number of nitrogens with one attached hydrogen (secondary N) is 1. The van der Waals surface area contributed by atoms with Crippen molar-refractivity contribution in [2.75, 3.05) is 12.4 Å². The van der Waals surface area contributed by atoms with Crippen LogP contribution in [0.5, 0.6) is 0 Å². The number of aromatic nitrogens is 4. The van der Waals surface area contributed by atoms with E-state index in [1.165, 1.54) is 0 Å². The molecule has 1 N–H and O–H groups in total. The Balaban J connectivity index is 2.30. The summed E-state index contributed by atoms with van der Waals surface area (Å²) >= 11 is 0. The molecule has 0 amide bonds. The first-order valence-electron chi connectivity index (χ1n) is 7.10. The third-order valence-electron chi connectivity index (χ3n) is 3.59. The molecule has 0 aliphatic rings. The lowest BCUT2D eigenvalue weighted by Gasteiger charge is -2.15. The summed E-state index contributed by atoms with van der Waals surface area (Å²) in [4.78, 5) is 13.7. The lowest BCUT2D eigenvalue weighted by Crippen LogP contribution is -2.07. The number of anilines is 1. The molecule has 0 saturated heterocycles. The minimum absolute atomic E-state index is 0.276. The fourth-order valence-corrected chi connectivity index (χ4v) is 2.43. The lowest BCUT2D eigenvalue weighted by atomic mass is 10.1. The average molecular weight is 281 g/mol.